The monoisotopic (exact) mass is 280 g/mol. The summed E-state index contributed by atoms with van der Waals surface area (Å²) in [4.78, 5) is 24.0. The lowest BCUT2D eigenvalue weighted by Gasteiger charge is -2.26. The highest BCUT2D eigenvalue weighted by atomic mass is 19.1. The maximum absolute atomic E-state index is 13.8. The molecule has 1 aliphatic rings. The Balaban J connectivity index is 0.000000956. The molecule has 5 heteroatoms. The van der Waals surface area contributed by atoms with Crippen LogP contribution in [0, 0.1) is 5.82 Å². The molecule has 1 saturated heterocycles. The third-order valence-electron chi connectivity index (χ3n) is 2.97. The summed E-state index contributed by atoms with van der Waals surface area (Å²) in [6.07, 6.45) is 0.235. The molecule has 1 N–H and O–H groups in total. The van der Waals surface area contributed by atoms with Gasteiger partial charge in [-0.25, -0.2) is 9.18 Å². The lowest BCUT2D eigenvalue weighted by Crippen LogP contribution is -2.49. The maximum atomic E-state index is 13.8. The Kier molecular flexibility index (Phi) is 5.67. The normalized spacial score (nSPS) is 14.8. The number of rotatable bonds is 2. The largest absolute Gasteiger partial charge is 0.328 e. The fourth-order valence-corrected chi connectivity index (χ4v) is 1.96. The summed E-state index contributed by atoms with van der Waals surface area (Å²) in [5, 5.41) is 2.21. The molecule has 0 saturated carbocycles. The highest BCUT2D eigenvalue weighted by Gasteiger charge is 2.24. The van der Waals surface area contributed by atoms with E-state index in [0.717, 1.165) is 0 Å². The SMILES string of the molecule is CC.CC(C)c1ccc(N2CCC(=O)NC2=O)cc1F. The van der Waals surface area contributed by atoms with Crippen molar-refractivity contribution in [1.82, 2.24) is 5.32 Å². The molecule has 1 aromatic rings. The number of urea groups is 1. The van der Waals surface area contributed by atoms with Crippen LogP contribution < -0.4 is 10.2 Å². The van der Waals surface area contributed by atoms with Gasteiger partial charge in [-0.05, 0) is 23.6 Å². The molecule has 0 unspecified atom stereocenters. The average Bonchev–Trinajstić information content (AvgIpc) is 2.40. The van der Waals surface area contributed by atoms with E-state index in [4.69, 9.17) is 0 Å². The number of carbonyl (C=O) groups is 2. The van der Waals surface area contributed by atoms with Crippen molar-refractivity contribution in [3.63, 3.8) is 0 Å². The number of hydrogen-bond acceptors (Lipinski definition) is 2. The molecule has 1 heterocycles. The van der Waals surface area contributed by atoms with E-state index in [9.17, 15) is 14.0 Å². The molecule has 1 aromatic carbocycles. The van der Waals surface area contributed by atoms with Crippen LogP contribution in [0.2, 0.25) is 0 Å². The zero-order chi connectivity index (χ0) is 15.3. The van der Waals surface area contributed by atoms with E-state index >= 15 is 0 Å². The lowest BCUT2D eigenvalue weighted by atomic mass is 10.0. The first-order chi connectivity index (χ1) is 9.49. The molecule has 0 spiro atoms. The Morgan fingerprint density at radius 1 is 1.25 bits per heavy atom. The van der Waals surface area contributed by atoms with E-state index in [1.165, 1.54) is 11.0 Å². The quantitative estimate of drug-likeness (QED) is 0.902. The molecule has 1 aliphatic heterocycles. The van der Waals surface area contributed by atoms with Gasteiger partial charge in [0.25, 0.3) is 0 Å². The highest BCUT2D eigenvalue weighted by molar-refractivity contribution is 6.05. The zero-order valence-electron chi connectivity index (χ0n) is 12.4. The molecule has 1 fully saturated rings. The number of carbonyl (C=O) groups excluding carboxylic acids is 2. The minimum Gasteiger partial charge on any atom is -0.294 e. The lowest BCUT2D eigenvalue weighted by molar-refractivity contribution is -0.120. The van der Waals surface area contributed by atoms with Crippen molar-refractivity contribution in [2.45, 2.75) is 40.0 Å². The molecule has 110 valence electrons. The van der Waals surface area contributed by atoms with Gasteiger partial charge >= 0.3 is 6.03 Å². The van der Waals surface area contributed by atoms with Gasteiger partial charge in [0.15, 0.2) is 0 Å². The Bertz CT molecular complexity index is 501. The standard InChI is InChI=1S/C13H15FN2O2.C2H6/c1-8(2)10-4-3-9(7-11(10)14)16-6-5-12(17)15-13(16)18;1-2/h3-4,7-8H,5-6H2,1-2H3,(H,15,17,18);1-2H3. The van der Waals surface area contributed by atoms with Gasteiger partial charge in [-0.15, -0.1) is 0 Å². The van der Waals surface area contributed by atoms with Crippen LogP contribution in [0.25, 0.3) is 0 Å². The molecule has 0 aliphatic carbocycles. The average molecular weight is 280 g/mol. The first kappa shape index (κ1) is 16.1. The van der Waals surface area contributed by atoms with Crippen molar-refractivity contribution in [1.29, 1.82) is 0 Å². The third-order valence-corrected chi connectivity index (χ3v) is 2.97. The summed E-state index contributed by atoms with van der Waals surface area (Å²) in [6, 6.07) is 4.22. The molecule has 20 heavy (non-hydrogen) atoms. The topological polar surface area (TPSA) is 49.4 Å². The second-order valence-electron chi connectivity index (χ2n) is 4.62. The van der Waals surface area contributed by atoms with Crippen LogP contribution in [-0.4, -0.2) is 18.5 Å². The first-order valence-electron chi connectivity index (χ1n) is 6.90. The van der Waals surface area contributed by atoms with Crippen LogP contribution in [0.3, 0.4) is 0 Å². The molecule has 0 radical (unpaired) electrons. The molecule has 0 atom stereocenters. The highest BCUT2D eigenvalue weighted by Crippen LogP contribution is 2.24. The Labute approximate surface area is 119 Å². The summed E-state index contributed by atoms with van der Waals surface area (Å²) in [5.74, 6) is -0.529. The summed E-state index contributed by atoms with van der Waals surface area (Å²) in [5.41, 5.74) is 1.09. The summed E-state index contributed by atoms with van der Waals surface area (Å²) < 4.78 is 13.8. The number of hydrogen-bond donors (Lipinski definition) is 1. The smallest absolute Gasteiger partial charge is 0.294 e. The van der Waals surface area contributed by atoms with Gasteiger partial charge in [0, 0.05) is 18.7 Å². The second-order valence-corrected chi connectivity index (χ2v) is 4.62. The Morgan fingerprint density at radius 2 is 1.90 bits per heavy atom. The Hall–Kier alpha value is -1.91. The van der Waals surface area contributed by atoms with Crippen molar-refractivity contribution in [3.05, 3.63) is 29.6 Å². The number of halogens is 1. The van der Waals surface area contributed by atoms with E-state index in [-0.39, 0.29) is 30.6 Å². The van der Waals surface area contributed by atoms with Crippen molar-refractivity contribution in [3.8, 4) is 0 Å². The molecule has 4 nitrogen and oxygen atoms in total. The molecule has 0 aromatic heterocycles. The summed E-state index contributed by atoms with van der Waals surface area (Å²) in [6.45, 7) is 8.10. The number of anilines is 1. The molecule has 3 amide bonds. The van der Waals surface area contributed by atoms with Crippen LogP contribution >= 0.6 is 0 Å². The fraction of sp³-hybridized carbons (Fsp3) is 0.467. The van der Waals surface area contributed by atoms with Gasteiger partial charge in [-0.2, -0.15) is 0 Å². The Morgan fingerprint density at radius 3 is 2.40 bits per heavy atom. The van der Waals surface area contributed by atoms with E-state index < -0.39 is 6.03 Å². The van der Waals surface area contributed by atoms with Crippen LogP contribution in [0.5, 0.6) is 0 Å². The van der Waals surface area contributed by atoms with E-state index in [1.807, 2.05) is 27.7 Å². The molecule has 0 bridgehead atoms. The minimum absolute atomic E-state index is 0.0933. The van der Waals surface area contributed by atoms with Gasteiger partial charge in [-0.3, -0.25) is 15.0 Å². The second kappa shape index (κ2) is 7.03. The zero-order valence-corrected chi connectivity index (χ0v) is 12.4. The van der Waals surface area contributed by atoms with E-state index in [0.29, 0.717) is 11.3 Å². The van der Waals surface area contributed by atoms with Gasteiger partial charge in [0.2, 0.25) is 5.91 Å². The van der Waals surface area contributed by atoms with Crippen molar-refractivity contribution in [2.24, 2.45) is 0 Å². The minimum atomic E-state index is -0.497. The van der Waals surface area contributed by atoms with E-state index in [2.05, 4.69) is 5.32 Å². The maximum Gasteiger partial charge on any atom is 0.328 e. The number of benzene rings is 1. The summed E-state index contributed by atoms with van der Waals surface area (Å²) >= 11 is 0. The van der Waals surface area contributed by atoms with Crippen LogP contribution in [0.1, 0.15) is 45.6 Å². The third kappa shape index (κ3) is 3.56. The molecular weight excluding hydrogens is 259 g/mol. The molecular formula is C15H21FN2O2. The van der Waals surface area contributed by atoms with Gasteiger partial charge < -0.3 is 0 Å². The van der Waals surface area contributed by atoms with Crippen molar-refractivity contribution < 1.29 is 14.0 Å². The fourth-order valence-electron chi connectivity index (χ4n) is 1.96. The predicted molar refractivity (Wildman–Crippen MR) is 77.3 cm³/mol. The summed E-state index contributed by atoms with van der Waals surface area (Å²) in [7, 11) is 0. The van der Waals surface area contributed by atoms with Crippen LogP contribution in [0.4, 0.5) is 14.9 Å². The molecule has 2 rings (SSSR count). The van der Waals surface area contributed by atoms with Gasteiger partial charge in [0.05, 0.1) is 0 Å². The first-order valence-corrected chi connectivity index (χ1v) is 6.90. The van der Waals surface area contributed by atoms with Crippen molar-refractivity contribution in [2.75, 3.05) is 11.4 Å². The predicted octanol–water partition coefficient (Wildman–Crippen LogP) is 3.42. The van der Waals surface area contributed by atoms with Gasteiger partial charge in [-0.1, -0.05) is 33.8 Å². The number of amides is 3. The van der Waals surface area contributed by atoms with Crippen LogP contribution in [0.15, 0.2) is 18.2 Å². The number of nitrogens with one attached hydrogen (secondary N) is 1. The van der Waals surface area contributed by atoms with Crippen molar-refractivity contribution >= 4 is 17.6 Å². The van der Waals surface area contributed by atoms with Gasteiger partial charge in [0.1, 0.15) is 5.82 Å². The van der Waals surface area contributed by atoms with E-state index in [1.54, 1.807) is 12.1 Å². The number of imide groups is 1. The van der Waals surface area contributed by atoms with Crippen LogP contribution in [-0.2, 0) is 4.79 Å². The number of nitrogens with zero attached hydrogens (tertiary/aromatic N) is 1.